The summed E-state index contributed by atoms with van der Waals surface area (Å²) < 4.78 is 0. The largest absolute Gasteiger partial charge is 0.384 e. The summed E-state index contributed by atoms with van der Waals surface area (Å²) in [5, 5.41) is 18.2. The standard InChI is InChI=1S/C15H17N5/c1-15(2)8-16-11-6-13-12(5-10(11)15)19-14(20-13)9-3-4-17-18-7-9/h3-7,14,16,19-20H,8H2,1-2H3. The molecule has 2 aromatic rings. The highest BCUT2D eigenvalue weighted by Gasteiger charge is 2.32. The van der Waals surface area contributed by atoms with E-state index < -0.39 is 0 Å². The van der Waals surface area contributed by atoms with E-state index in [9.17, 15) is 0 Å². The summed E-state index contributed by atoms with van der Waals surface area (Å²) >= 11 is 0. The molecule has 5 nitrogen and oxygen atoms in total. The number of fused-ring (bicyclic) bond motifs is 2. The summed E-state index contributed by atoms with van der Waals surface area (Å²) in [5.74, 6) is 0. The van der Waals surface area contributed by atoms with E-state index >= 15 is 0 Å². The Hall–Kier alpha value is -2.30. The summed E-state index contributed by atoms with van der Waals surface area (Å²) in [7, 11) is 0. The van der Waals surface area contributed by atoms with Crippen LogP contribution < -0.4 is 16.0 Å². The maximum Gasteiger partial charge on any atom is 0.125 e. The zero-order chi connectivity index (χ0) is 13.7. The van der Waals surface area contributed by atoms with Crippen LogP contribution in [0.25, 0.3) is 0 Å². The molecule has 0 spiro atoms. The summed E-state index contributed by atoms with van der Waals surface area (Å²) in [6.45, 7) is 5.53. The first-order valence-corrected chi connectivity index (χ1v) is 6.85. The topological polar surface area (TPSA) is 61.9 Å². The predicted molar refractivity (Wildman–Crippen MR) is 80.0 cm³/mol. The fraction of sp³-hybridized carbons (Fsp3) is 0.333. The second kappa shape index (κ2) is 3.85. The van der Waals surface area contributed by atoms with Gasteiger partial charge in [-0.2, -0.15) is 10.2 Å². The van der Waals surface area contributed by atoms with Gasteiger partial charge in [0.05, 0.1) is 17.6 Å². The van der Waals surface area contributed by atoms with Crippen LogP contribution in [-0.4, -0.2) is 16.7 Å². The van der Waals surface area contributed by atoms with Crippen molar-refractivity contribution in [2.45, 2.75) is 25.4 Å². The zero-order valence-electron chi connectivity index (χ0n) is 11.6. The van der Waals surface area contributed by atoms with E-state index in [1.54, 1.807) is 12.4 Å². The molecule has 0 aliphatic carbocycles. The molecule has 3 N–H and O–H groups in total. The molecule has 1 unspecified atom stereocenters. The normalized spacial score (nSPS) is 21.4. The molecule has 2 aliphatic rings. The highest BCUT2D eigenvalue weighted by Crippen LogP contribution is 2.44. The van der Waals surface area contributed by atoms with Crippen molar-refractivity contribution in [3.63, 3.8) is 0 Å². The van der Waals surface area contributed by atoms with E-state index in [-0.39, 0.29) is 11.6 Å². The lowest BCUT2D eigenvalue weighted by atomic mass is 9.86. The van der Waals surface area contributed by atoms with Crippen molar-refractivity contribution in [3.05, 3.63) is 41.7 Å². The van der Waals surface area contributed by atoms with Crippen molar-refractivity contribution in [2.24, 2.45) is 0 Å². The van der Waals surface area contributed by atoms with Crippen molar-refractivity contribution in [2.75, 3.05) is 22.5 Å². The van der Waals surface area contributed by atoms with Crippen LogP contribution in [0.3, 0.4) is 0 Å². The van der Waals surface area contributed by atoms with Crippen LogP contribution >= 0.6 is 0 Å². The lowest BCUT2D eigenvalue weighted by Gasteiger charge is -2.17. The third-order valence-electron chi connectivity index (χ3n) is 4.15. The Bertz CT molecular complexity index is 665. The van der Waals surface area contributed by atoms with Crippen LogP contribution in [0.4, 0.5) is 17.1 Å². The second-order valence-electron chi connectivity index (χ2n) is 6.08. The molecule has 0 saturated carbocycles. The molecular formula is C15H17N5. The fourth-order valence-electron chi connectivity index (χ4n) is 2.94. The molecule has 20 heavy (non-hydrogen) atoms. The lowest BCUT2D eigenvalue weighted by Crippen LogP contribution is -2.19. The highest BCUT2D eigenvalue weighted by molar-refractivity contribution is 5.82. The second-order valence-corrected chi connectivity index (χ2v) is 6.08. The molecule has 3 heterocycles. The SMILES string of the molecule is CC1(C)CNc2cc3c(cc21)NC(c1ccnnc1)N3. The number of rotatable bonds is 1. The van der Waals surface area contributed by atoms with Crippen LogP contribution in [0, 0.1) is 0 Å². The maximum absolute atomic E-state index is 3.94. The monoisotopic (exact) mass is 267 g/mol. The number of nitrogens with zero attached hydrogens (tertiary/aromatic N) is 2. The molecule has 0 bridgehead atoms. The highest BCUT2D eigenvalue weighted by atomic mass is 15.2. The van der Waals surface area contributed by atoms with Crippen molar-refractivity contribution in [1.82, 2.24) is 10.2 Å². The van der Waals surface area contributed by atoms with Gasteiger partial charge >= 0.3 is 0 Å². The van der Waals surface area contributed by atoms with Crippen LogP contribution in [0.2, 0.25) is 0 Å². The van der Waals surface area contributed by atoms with Gasteiger partial charge in [0.1, 0.15) is 6.17 Å². The Morgan fingerprint density at radius 1 is 1.10 bits per heavy atom. The third-order valence-corrected chi connectivity index (χ3v) is 4.15. The molecular weight excluding hydrogens is 250 g/mol. The van der Waals surface area contributed by atoms with Crippen molar-refractivity contribution in [1.29, 1.82) is 0 Å². The van der Waals surface area contributed by atoms with Gasteiger partial charge in [-0.1, -0.05) is 13.8 Å². The Morgan fingerprint density at radius 3 is 2.65 bits per heavy atom. The van der Waals surface area contributed by atoms with Gasteiger partial charge < -0.3 is 16.0 Å². The van der Waals surface area contributed by atoms with Gasteiger partial charge in [-0.15, -0.1) is 0 Å². The number of aromatic nitrogens is 2. The molecule has 1 aromatic carbocycles. The van der Waals surface area contributed by atoms with Gasteiger partial charge in [0, 0.05) is 29.4 Å². The lowest BCUT2D eigenvalue weighted by molar-refractivity contribution is 0.586. The molecule has 2 aliphatic heterocycles. The van der Waals surface area contributed by atoms with Crippen molar-refractivity contribution < 1.29 is 0 Å². The molecule has 4 rings (SSSR count). The summed E-state index contributed by atoms with van der Waals surface area (Å²) in [6, 6.07) is 6.42. The quantitative estimate of drug-likeness (QED) is 0.741. The number of nitrogens with one attached hydrogen (secondary N) is 3. The minimum absolute atomic E-state index is 0.0612. The summed E-state index contributed by atoms with van der Waals surface area (Å²) in [5.41, 5.74) is 6.17. The van der Waals surface area contributed by atoms with Crippen molar-refractivity contribution >= 4 is 17.1 Å². The molecule has 1 aromatic heterocycles. The number of anilines is 3. The smallest absolute Gasteiger partial charge is 0.125 e. The molecule has 0 amide bonds. The Labute approximate surface area is 117 Å². The van der Waals surface area contributed by atoms with Gasteiger partial charge in [0.15, 0.2) is 0 Å². The predicted octanol–water partition coefficient (Wildman–Crippen LogP) is 2.72. The van der Waals surface area contributed by atoms with E-state index in [4.69, 9.17) is 0 Å². The third kappa shape index (κ3) is 1.62. The Morgan fingerprint density at radius 2 is 1.90 bits per heavy atom. The van der Waals surface area contributed by atoms with E-state index in [0.29, 0.717) is 0 Å². The van der Waals surface area contributed by atoms with E-state index in [1.165, 1.54) is 11.3 Å². The molecule has 102 valence electrons. The summed E-state index contributed by atoms with van der Waals surface area (Å²) in [4.78, 5) is 0. The number of benzene rings is 1. The van der Waals surface area contributed by atoms with E-state index in [2.05, 4.69) is 52.1 Å². The fourth-order valence-corrected chi connectivity index (χ4v) is 2.94. The molecule has 0 fully saturated rings. The molecule has 0 saturated heterocycles. The minimum Gasteiger partial charge on any atom is -0.384 e. The number of hydrogen-bond acceptors (Lipinski definition) is 5. The first-order chi connectivity index (χ1) is 9.63. The van der Waals surface area contributed by atoms with Gasteiger partial charge in [0.2, 0.25) is 0 Å². The van der Waals surface area contributed by atoms with E-state index in [0.717, 1.165) is 23.5 Å². The first-order valence-electron chi connectivity index (χ1n) is 6.85. The average molecular weight is 267 g/mol. The molecule has 0 radical (unpaired) electrons. The van der Waals surface area contributed by atoms with E-state index in [1.807, 2.05) is 6.07 Å². The zero-order valence-corrected chi connectivity index (χ0v) is 11.6. The maximum atomic E-state index is 3.94. The minimum atomic E-state index is 0.0612. The van der Waals surface area contributed by atoms with Gasteiger partial charge in [-0.25, -0.2) is 0 Å². The van der Waals surface area contributed by atoms with Gasteiger partial charge in [-0.05, 0) is 23.8 Å². The molecule has 5 heteroatoms. The van der Waals surface area contributed by atoms with Crippen LogP contribution in [0.15, 0.2) is 30.6 Å². The van der Waals surface area contributed by atoms with Crippen LogP contribution in [0.5, 0.6) is 0 Å². The number of hydrogen-bond donors (Lipinski definition) is 3. The van der Waals surface area contributed by atoms with Crippen LogP contribution in [-0.2, 0) is 5.41 Å². The Kier molecular flexibility index (Phi) is 2.22. The first kappa shape index (κ1) is 11.5. The summed E-state index contributed by atoms with van der Waals surface area (Å²) in [6.07, 6.45) is 3.56. The van der Waals surface area contributed by atoms with Crippen LogP contribution in [0.1, 0.15) is 31.1 Å². The van der Waals surface area contributed by atoms with Gasteiger partial charge in [0.25, 0.3) is 0 Å². The van der Waals surface area contributed by atoms with Crippen molar-refractivity contribution in [3.8, 4) is 0 Å². The van der Waals surface area contributed by atoms with Gasteiger partial charge in [-0.3, -0.25) is 0 Å². The molecule has 1 atom stereocenters. The Balaban J connectivity index is 1.70. The average Bonchev–Trinajstić information content (AvgIpc) is 2.99.